The molecule has 0 heterocycles. The molecule has 1 aromatic rings. The molecule has 0 aliphatic rings. The molecule has 0 fully saturated rings. The lowest BCUT2D eigenvalue weighted by Crippen LogP contribution is -2.35. The summed E-state index contributed by atoms with van der Waals surface area (Å²) < 4.78 is 0.835. The van der Waals surface area contributed by atoms with Gasteiger partial charge in [0, 0.05) is 23.8 Å². The number of halogens is 1. The Morgan fingerprint density at radius 2 is 2.24 bits per heavy atom. The lowest BCUT2D eigenvalue weighted by molar-refractivity contribution is -0.119. The number of nitriles is 1. The van der Waals surface area contributed by atoms with Crippen LogP contribution < -0.4 is 10.2 Å². The third kappa shape index (κ3) is 3.75. The number of anilines is 1. The number of carbonyl (C=O) groups is 1. The molecular weight excluding hydrogens is 282 g/mol. The SMILES string of the molecule is CCN(CC(=O)NC)c1cc(Br)cc(C#N)c1. The highest BCUT2D eigenvalue weighted by Gasteiger charge is 2.10. The molecule has 4 nitrogen and oxygen atoms in total. The molecule has 0 aliphatic carbocycles. The first-order chi connectivity index (χ1) is 8.10. The van der Waals surface area contributed by atoms with Gasteiger partial charge in [-0.25, -0.2) is 0 Å². The summed E-state index contributed by atoms with van der Waals surface area (Å²) in [5.74, 6) is -0.0506. The van der Waals surface area contributed by atoms with Crippen LogP contribution in [0.3, 0.4) is 0 Å². The van der Waals surface area contributed by atoms with E-state index in [1.165, 1.54) is 0 Å². The zero-order valence-corrected chi connectivity index (χ0v) is 11.4. The molecule has 0 unspecified atom stereocenters. The minimum Gasteiger partial charge on any atom is -0.362 e. The summed E-state index contributed by atoms with van der Waals surface area (Å²) in [5, 5.41) is 11.5. The highest BCUT2D eigenvalue weighted by atomic mass is 79.9. The number of nitrogens with zero attached hydrogens (tertiary/aromatic N) is 2. The molecule has 17 heavy (non-hydrogen) atoms. The molecule has 1 rings (SSSR count). The smallest absolute Gasteiger partial charge is 0.239 e. The number of hydrogen-bond donors (Lipinski definition) is 1. The molecule has 0 aromatic heterocycles. The first-order valence-corrected chi connectivity index (χ1v) is 6.06. The van der Waals surface area contributed by atoms with Crippen LogP contribution in [-0.4, -0.2) is 26.0 Å². The second-order valence-electron chi connectivity index (χ2n) is 3.50. The molecule has 0 aliphatic heterocycles. The van der Waals surface area contributed by atoms with E-state index in [2.05, 4.69) is 27.3 Å². The van der Waals surface area contributed by atoms with E-state index < -0.39 is 0 Å². The molecule has 0 bridgehead atoms. The van der Waals surface area contributed by atoms with Gasteiger partial charge < -0.3 is 10.2 Å². The number of benzene rings is 1. The zero-order chi connectivity index (χ0) is 12.8. The average Bonchev–Trinajstić information content (AvgIpc) is 2.34. The van der Waals surface area contributed by atoms with E-state index >= 15 is 0 Å². The van der Waals surface area contributed by atoms with Gasteiger partial charge in [0.2, 0.25) is 5.91 Å². The van der Waals surface area contributed by atoms with E-state index in [9.17, 15) is 4.79 Å². The molecule has 1 aromatic carbocycles. The van der Waals surface area contributed by atoms with Crippen molar-refractivity contribution in [3.8, 4) is 6.07 Å². The fourth-order valence-electron chi connectivity index (χ4n) is 1.46. The Morgan fingerprint density at radius 1 is 1.53 bits per heavy atom. The fraction of sp³-hybridized carbons (Fsp3) is 0.333. The molecule has 0 saturated heterocycles. The average molecular weight is 296 g/mol. The summed E-state index contributed by atoms with van der Waals surface area (Å²) in [5.41, 5.74) is 1.44. The minimum absolute atomic E-state index is 0.0506. The Labute approximate surface area is 109 Å². The minimum atomic E-state index is -0.0506. The first kappa shape index (κ1) is 13.5. The topological polar surface area (TPSA) is 56.1 Å². The van der Waals surface area contributed by atoms with Crippen LogP contribution in [-0.2, 0) is 4.79 Å². The highest BCUT2D eigenvalue weighted by Crippen LogP contribution is 2.22. The standard InChI is InChI=1S/C12H14BrN3O/c1-3-16(8-12(17)15-2)11-5-9(7-14)4-10(13)6-11/h4-6H,3,8H2,1-2H3,(H,15,17). The fourth-order valence-corrected chi connectivity index (χ4v) is 1.94. The zero-order valence-electron chi connectivity index (χ0n) is 9.83. The van der Waals surface area contributed by atoms with Crippen LogP contribution in [0.2, 0.25) is 0 Å². The largest absolute Gasteiger partial charge is 0.362 e. The van der Waals surface area contributed by atoms with Gasteiger partial charge in [0.05, 0.1) is 18.2 Å². The second-order valence-corrected chi connectivity index (χ2v) is 4.41. The molecule has 0 spiro atoms. The summed E-state index contributed by atoms with van der Waals surface area (Å²) in [6.07, 6.45) is 0. The van der Waals surface area contributed by atoms with E-state index in [0.29, 0.717) is 12.1 Å². The molecule has 1 amide bonds. The van der Waals surface area contributed by atoms with Crippen molar-refractivity contribution in [3.63, 3.8) is 0 Å². The van der Waals surface area contributed by atoms with Crippen molar-refractivity contribution in [1.82, 2.24) is 5.32 Å². The number of nitrogens with one attached hydrogen (secondary N) is 1. The number of rotatable bonds is 4. The first-order valence-electron chi connectivity index (χ1n) is 5.27. The summed E-state index contributed by atoms with van der Waals surface area (Å²) in [6.45, 7) is 2.96. The van der Waals surface area contributed by atoms with Crippen LogP contribution >= 0.6 is 15.9 Å². The molecule has 0 atom stereocenters. The quantitative estimate of drug-likeness (QED) is 0.923. The Hall–Kier alpha value is -1.54. The van der Waals surface area contributed by atoms with Crippen molar-refractivity contribution in [2.75, 3.05) is 25.0 Å². The van der Waals surface area contributed by atoms with E-state index in [4.69, 9.17) is 5.26 Å². The molecular formula is C12H14BrN3O. The lowest BCUT2D eigenvalue weighted by atomic mass is 10.2. The Bertz CT molecular complexity index is 454. The van der Waals surface area contributed by atoms with Crippen molar-refractivity contribution in [2.45, 2.75) is 6.92 Å². The summed E-state index contributed by atoms with van der Waals surface area (Å²) in [6, 6.07) is 7.52. The normalized spacial score (nSPS) is 9.53. The maximum Gasteiger partial charge on any atom is 0.239 e. The van der Waals surface area contributed by atoms with E-state index in [1.807, 2.05) is 17.9 Å². The van der Waals surface area contributed by atoms with Crippen LogP contribution in [0.1, 0.15) is 12.5 Å². The highest BCUT2D eigenvalue weighted by molar-refractivity contribution is 9.10. The number of carbonyl (C=O) groups excluding carboxylic acids is 1. The molecule has 90 valence electrons. The van der Waals surface area contributed by atoms with Gasteiger partial charge in [0.25, 0.3) is 0 Å². The summed E-state index contributed by atoms with van der Waals surface area (Å²) in [4.78, 5) is 13.3. The molecule has 1 N–H and O–H groups in total. The van der Waals surface area contributed by atoms with Crippen LogP contribution in [0.15, 0.2) is 22.7 Å². The van der Waals surface area contributed by atoms with Gasteiger partial charge in [-0.2, -0.15) is 5.26 Å². The van der Waals surface area contributed by atoms with Gasteiger partial charge >= 0.3 is 0 Å². The maximum atomic E-state index is 11.4. The monoisotopic (exact) mass is 295 g/mol. The van der Waals surface area contributed by atoms with Crippen molar-refractivity contribution >= 4 is 27.5 Å². The Balaban J connectivity index is 2.99. The van der Waals surface area contributed by atoms with Crippen LogP contribution in [0.4, 0.5) is 5.69 Å². The summed E-state index contributed by atoms with van der Waals surface area (Å²) in [7, 11) is 1.61. The predicted molar refractivity (Wildman–Crippen MR) is 70.8 cm³/mol. The number of hydrogen-bond acceptors (Lipinski definition) is 3. The van der Waals surface area contributed by atoms with Crippen molar-refractivity contribution in [3.05, 3.63) is 28.2 Å². The molecule has 0 radical (unpaired) electrons. The Morgan fingerprint density at radius 3 is 2.76 bits per heavy atom. The third-order valence-electron chi connectivity index (χ3n) is 2.37. The predicted octanol–water partition coefficient (Wildman–Crippen LogP) is 1.89. The van der Waals surface area contributed by atoms with Gasteiger partial charge in [-0.3, -0.25) is 4.79 Å². The van der Waals surface area contributed by atoms with E-state index in [0.717, 1.165) is 10.2 Å². The van der Waals surface area contributed by atoms with Crippen molar-refractivity contribution in [1.29, 1.82) is 5.26 Å². The van der Waals surface area contributed by atoms with E-state index in [1.54, 1.807) is 19.2 Å². The van der Waals surface area contributed by atoms with Crippen molar-refractivity contribution < 1.29 is 4.79 Å². The van der Waals surface area contributed by atoms with Gasteiger partial charge in [0.15, 0.2) is 0 Å². The third-order valence-corrected chi connectivity index (χ3v) is 2.83. The summed E-state index contributed by atoms with van der Waals surface area (Å²) >= 11 is 3.36. The van der Waals surface area contributed by atoms with Gasteiger partial charge in [-0.15, -0.1) is 0 Å². The van der Waals surface area contributed by atoms with Crippen LogP contribution in [0.25, 0.3) is 0 Å². The van der Waals surface area contributed by atoms with Crippen LogP contribution in [0.5, 0.6) is 0 Å². The van der Waals surface area contributed by atoms with E-state index in [-0.39, 0.29) is 12.5 Å². The number of amides is 1. The molecule has 0 saturated carbocycles. The van der Waals surface area contributed by atoms with Crippen molar-refractivity contribution in [2.24, 2.45) is 0 Å². The van der Waals surface area contributed by atoms with Gasteiger partial charge in [0.1, 0.15) is 0 Å². The molecule has 5 heteroatoms. The van der Waals surface area contributed by atoms with Crippen LogP contribution in [0, 0.1) is 11.3 Å². The van der Waals surface area contributed by atoms with Gasteiger partial charge in [-0.05, 0) is 25.1 Å². The lowest BCUT2D eigenvalue weighted by Gasteiger charge is -2.22. The van der Waals surface area contributed by atoms with Gasteiger partial charge in [-0.1, -0.05) is 15.9 Å². The Kier molecular flexibility index (Phi) is 4.98. The second kappa shape index (κ2) is 6.26. The maximum absolute atomic E-state index is 11.4. The number of likely N-dealkylation sites (N-methyl/N-ethyl adjacent to an activating group) is 2.